The largest absolute Gasteiger partial charge is 0.326 e. The summed E-state index contributed by atoms with van der Waals surface area (Å²) in [7, 11) is 1.99. The van der Waals surface area contributed by atoms with Crippen molar-refractivity contribution in [3.8, 4) is 0 Å². The van der Waals surface area contributed by atoms with Crippen molar-refractivity contribution in [2.45, 2.75) is 25.7 Å². The van der Waals surface area contributed by atoms with Gasteiger partial charge in [-0.1, -0.05) is 12.1 Å². The minimum Gasteiger partial charge on any atom is -0.326 e. The summed E-state index contributed by atoms with van der Waals surface area (Å²) >= 11 is 0. The van der Waals surface area contributed by atoms with Crippen LogP contribution in [0.5, 0.6) is 0 Å². The van der Waals surface area contributed by atoms with Crippen LogP contribution in [-0.4, -0.2) is 32.6 Å². The third-order valence-corrected chi connectivity index (χ3v) is 3.42. The molecule has 1 amide bonds. The molecule has 0 saturated carbocycles. The summed E-state index contributed by atoms with van der Waals surface area (Å²) < 4.78 is 0. The molecule has 0 radical (unpaired) electrons. The number of nitrogens with one attached hydrogen (secondary N) is 3. The van der Waals surface area contributed by atoms with Gasteiger partial charge in [0.05, 0.1) is 6.42 Å². The Hall–Kier alpha value is -1.39. The van der Waals surface area contributed by atoms with E-state index in [4.69, 9.17) is 0 Å². The van der Waals surface area contributed by atoms with Crippen molar-refractivity contribution in [3.63, 3.8) is 0 Å². The van der Waals surface area contributed by atoms with E-state index in [1.807, 2.05) is 13.1 Å². The molecule has 0 atom stereocenters. The molecule has 0 fully saturated rings. The Balaban J connectivity index is 1.67. The smallest absolute Gasteiger partial charge is 0.228 e. The standard InChI is InChI=1S/C15H23N3O/c1-16-7-2-3-8-17-9-6-12-4-5-14-13(10-12)11-15(19)18-14/h4-5,10,16-17H,2-3,6-9,11H2,1H3,(H,18,19). The third kappa shape index (κ3) is 4.33. The number of amides is 1. The summed E-state index contributed by atoms with van der Waals surface area (Å²) in [5.41, 5.74) is 3.42. The van der Waals surface area contributed by atoms with Crippen LogP contribution in [0.25, 0.3) is 0 Å². The molecule has 1 heterocycles. The van der Waals surface area contributed by atoms with Crippen LogP contribution in [0.15, 0.2) is 18.2 Å². The molecule has 1 aliphatic heterocycles. The fourth-order valence-electron chi connectivity index (χ4n) is 2.35. The normalized spacial score (nSPS) is 13.4. The molecule has 0 aromatic heterocycles. The van der Waals surface area contributed by atoms with E-state index in [9.17, 15) is 4.79 Å². The lowest BCUT2D eigenvalue weighted by Crippen LogP contribution is -2.19. The summed E-state index contributed by atoms with van der Waals surface area (Å²) in [6.07, 6.45) is 3.98. The average molecular weight is 261 g/mol. The summed E-state index contributed by atoms with van der Waals surface area (Å²) in [4.78, 5) is 11.3. The SMILES string of the molecule is CNCCCCNCCc1ccc2c(c1)CC(=O)N2. The van der Waals surface area contributed by atoms with E-state index in [2.05, 4.69) is 28.1 Å². The van der Waals surface area contributed by atoms with Gasteiger partial charge in [0.15, 0.2) is 0 Å². The van der Waals surface area contributed by atoms with Crippen molar-refractivity contribution < 1.29 is 4.79 Å². The van der Waals surface area contributed by atoms with Crippen LogP contribution in [-0.2, 0) is 17.6 Å². The van der Waals surface area contributed by atoms with Gasteiger partial charge in [-0.2, -0.15) is 0 Å². The second kappa shape index (κ2) is 7.26. The zero-order valence-corrected chi connectivity index (χ0v) is 11.6. The Morgan fingerprint density at radius 2 is 2.05 bits per heavy atom. The van der Waals surface area contributed by atoms with Gasteiger partial charge in [-0.05, 0) is 63.1 Å². The van der Waals surface area contributed by atoms with E-state index in [1.54, 1.807) is 0 Å². The van der Waals surface area contributed by atoms with E-state index in [-0.39, 0.29) is 5.91 Å². The minimum absolute atomic E-state index is 0.106. The van der Waals surface area contributed by atoms with Gasteiger partial charge >= 0.3 is 0 Å². The zero-order valence-electron chi connectivity index (χ0n) is 11.6. The maximum absolute atomic E-state index is 11.3. The number of benzene rings is 1. The molecule has 104 valence electrons. The molecule has 0 aliphatic carbocycles. The second-order valence-electron chi connectivity index (χ2n) is 5.03. The average Bonchev–Trinajstić information content (AvgIpc) is 2.77. The van der Waals surface area contributed by atoms with E-state index < -0.39 is 0 Å². The highest BCUT2D eigenvalue weighted by atomic mass is 16.1. The first-order valence-corrected chi connectivity index (χ1v) is 7.06. The minimum atomic E-state index is 0.106. The zero-order chi connectivity index (χ0) is 13.5. The summed E-state index contributed by atoms with van der Waals surface area (Å²) in [5.74, 6) is 0.106. The van der Waals surface area contributed by atoms with Crippen molar-refractivity contribution in [1.29, 1.82) is 0 Å². The Kier molecular flexibility index (Phi) is 5.36. The number of rotatable bonds is 8. The summed E-state index contributed by atoms with van der Waals surface area (Å²) in [6, 6.07) is 6.27. The molecule has 0 bridgehead atoms. The number of anilines is 1. The molecule has 0 saturated heterocycles. The van der Waals surface area contributed by atoms with E-state index in [1.165, 1.54) is 18.4 Å². The van der Waals surface area contributed by atoms with Crippen molar-refractivity contribution in [1.82, 2.24) is 10.6 Å². The Labute approximate surface area is 115 Å². The predicted octanol–water partition coefficient (Wildman–Crippen LogP) is 1.31. The monoisotopic (exact) mass is 261 g/mol. The number of carbonyl (C=O) groups excluding carboxylic acids is 1. The van der Waals surface area contributed by atoms with Crippen LogP contribution in [0.2, 0.25) is 0 Å². The van der Waals surface area contributed by atoms with Crippen LogP contribution in [0.3, 0.4) is 0 Å². The number of fused-ring (bicyclic) bond motifs is 1. The lowest BCUT2D eigenvalue weighted by molar-refractivity contribution is -0.115. The van der Waals surface area contributed by atoms with Crippen LogP contribution in [0, 0.1) is 0 Å². The van der Waals surface area contributed by atoms with Gasteiger partial charge < -0.3 is 16.0 Å². The first-order valence-electron chi connectivity index (χ1n) is 7.06. The van der Waals surface area contributed by atoms with Gasteiger partial charge in [0.1, 0.15) is 0 Å². The molecule has 1 aromatic carbocycles. The third-order valence-electron chi connectivity index (χ3n) is 3.42. The van der Waals surface area contributed by atoms with Crippen LogP contribution in [0.1, 0.15) is 24.0 Å². The fourth-order valence-corrected chi connectivity index (χ4v) is 2.35. The number of hydrogen-bond donors (Lipinski definition) is 3. The van der Waals surface area contributed by atoms with Gasteiger partial charge in [-0.25, -0.2) is 0 Å². The number of hydrogen-bond acceptors (Lipinski definition) is 3. The van der Waals surface area contributed by atoms with E-state index in [0.29, 0.717) is 6.42 Å². The molecule has 1 aromatic rings. The van der Waals surface area contributed by atoms with Gasteiger partial charge in [0.25, 0.3) is 0 Å². The van der Waals surface area contributed by atoms with E-state index >= 15 is 0 Å². The van der Waals surface area contributed by atoms with Crippen LogP contribution in [0.4, 0.5) is 5.69 Å². The highest BCUT2D eigenvalue weighted by Crippen LogP contribution is 2.23. The van der Waals surface area contributed by atoms with Gasteiger partial charge in [0.2, 0.25) is 5.91 Å². The number of carbonyl (C=O) groups is 1. The van der Waals surface area contributed by atoms with Crippen molar-refractivity contribution in [2.24, 2.45) is 0 Å². The van der Waals surface area contributed by atoms with Gasteiger partial charge in [-0.3, -0.25) is 4.79 Å². The van der Waals surface area contributed by atoms with E-state index in [0.717, 1.165) is 37.3 Å². The quantitative estimate of drug-likeness (QED) is 0.619. The second-order valence-corrected chi connectivity index (χ2v) is 5.03. The van der Waals surface area contributed by atoms with Crippen LogP contribution < -0.4 is 16.0 Å². The molecule has 19 heavy (non-hydrogen) atoms. The van der Waals surface area contributed by atoms with Crippen molar-refractivity contribution in [2.75, 3.05) is 32.0 Å². The van der Waals surface area contributed by atoms with Crippen LogP contribution >= 0.6 is 0 Å². The first-order chi connectivity index (χ1) is 9.29. The Bertz CT molecular complexity index is 431. The molecule has 4 heteroatoms. The van der Waals surface area contributed by atoms with Gasteiger partial charge in [0, 0.05) is 5.69 Å². The highest BCUT2D eigenvalue weighted by molar-refractivity contribution is 5.99. The lowest BCUT2D eigenvalue weighted by atomic mass is 10.1. The molecule has 0 unspecified atom stereocenters. The molecular weight excluding hydrogens is 238 g/mol. The molecule has 4 nitrogen and oxygen atoms in total. The first kappa shape index (κ1) is 14.0. The van der Waals surface area contributed by atoms with Crippen molar-refractivity contribution >= 4 is 11.6 Å². The van der Waals surface area contributed by atoms with Crippen molar-refractivity contribution in [3.05, 3.63) is 29.3 Å². The molecular formula is C15H23N3O. The highest BCUT2D eigenvalue weighted by Gasteiger charge is 2.16. The fraction of sp³-hybridized carbons (Fsp3) is 0.533. The number of unbranched alkanes of at least 4 members (excludes halogenated alkanes) is 1. The molecule has 0 spiro atoms. The lowest BCUT2D eigenvalue weighted by Gasteiger charge is -2.06. The maximum atomic E-state index is 11.3. The van der Waals surface area contributed by atoms with Gasteiger partial charge in [-0.15, -0.1) is 0 Å². The molecule has 1 aliphatic rings. The maximum Gasteiger partial charge on any atom is 0.228 e. The Morgan fingerprint density at radius 1 is 1.21 bits per heavy atom. The molecule has 3 N–H and O–H groups in total. The predicted molar refractivity (Wildman–Crippen MR) is 78.5 cm³/mol. The molecule has 2 rings (SSSR count). The summed E-state index contributed by atoms with van der Waals surface area (Å²) in [6.45, 7) is 3.17. The topological polar surface area (TPSA) is 53.2 Å². The summed E-state index contributed by atoms with van der Waals surface area (Å²) in [5, 5.41) is 9.47. The Morgan fingerprint density at radius 3 is 2.89 bits per heavy atom.